The lowest BCUT2D eigenvalue weighted by molar-refractivity contribution is 0.189. The molecule has 0 aliphatic rings. The maximum absolute atomic E-state index is 13.1. The predicted octanol–water partition coefficient (Wildman–Crippen LogP) is 3.44. The van der Waals surface area contributed by atoms with Crippen LogP contribution in [0.3, 0.4) is 0 Å². The Morgan fingerprint density at radius 2 is 1.52 bits per heavy atom. The lowest BCUT2D eigenvalue weighted by Crippen LogP contribution is -2.28. The van der Waals surface area contributed by atoms with Gasteiger partial charge >= 0.3 is 0 Å². The second kappa shape index (κ2) is 6.54. The lowest BCUT2D eigenvalue weighted by atomic mass is 10.0. The van der Waals surface area contributed by atoms with Gasteiger partial charge < -0.3 is 15.2 Å². The highest BCUT2D eigenvalue weighted by Crippen LogP contribution is 2.23. The molecular formula is C16H17F2NO2. The zero-order valence-corrected chi connectivity index (χ0v) is 11.8. The smallest absolute Gasteiger partial charge is 0.129 e. The first-order chi connectivity index (χ1) is 9.99. The standard InChI is InChI=1S/C16H17F2NO2/c1-10(21-15-8-12(17)7-13(18)9-15)16(19)11-3-5-14(20-2)6-4-11/h3-10,16H,19H2,1-2H3. The van der Waals surface area contributed by atoms with Crippen molar-refractivity contribution in [1.82, 2.24) is 0 Å². The minimum absolute atomic E-state index is 0.115. The quantitative estimate of drug-likeness (QED) is 0.918. The molecule has 0 aromatic heterocycles. The van der Waals surface area contributed by atoms with Crippen LogP contribution in [0.4, 0.5) is 8.78 Å². The summed E-state index contributed by atoms with van der Waals surface area (Å²) in [6, 6.07) is 9.86. The maximum atomic E-state index is 13.1. The molecule has 0 spiro atoms. The number of methoxy groups -OCH3 is 1. The van der Waals surface area contributed by atoms with Crippen molar-refractivity contribution in [2.24, 2.45) is 5.73 Å². The van der Waals surface area contributed by atoms with Crippen molar-refractivity contribution in [3.8, 4) is 11.5 Å². The molecule has 3 nitrogen and oxygen atoms in total. The Balaban J connectivity index is 2.09. The number of hydrogen-bond acceptors (Lipinski definition) is 3. The number of nitrogens with two attached hydrogens (primary N) is 1. The summed E-state index contributed by atoms with van der Waals surface area (Å²) in [5.74, 6) is -0.527. The normalized spacial score (nSPS) is 13.6. The van der Waals surface area contributed by atoms with Crippen LogP contribution < -0.4 is 15.2 Å². The molecule has 0 bridgehead atoms. The highest BCUT2D eigenvalue weighted by Gasteiger charge is 2.17. The van der Waals surface area contributed by atoms with E-state index in [-0.39, 0.29) is 5.75 Å². The van der Waals surface area contributed by atoms with Crippen molar-refractivity contribution in [3.63, 3.8) is 0 Å². The van der Waals surface area contributed by atoms with Crippen molar-refractivity contribution in [2.45, 2.75) is 19.1 Å². The summed E-state index contributed by atoms with van der Waals surface area (Å²) in [6.45, 7) is 1.75. The molecule has 2 unspecified atom stereocenters. The molecule has 5 heteroatoms. The van der Waals surface area contributed by atoms with Crippen LogP contribution in [-0.4, -0.2) is 13.2 Å². The van der Waals surface area contributed by atoms with E-state index in [2.05, 4.69) is 0 Å². The minimum Gasteiger partial charge on any atom is -0.497 e. The van der Waals surface area contributed by atoms with Crippen LogP contribution in [0.2, 0.25) is 0 Å². The van der Waals surface area contributed by atoms with Crippen LogP contribution in [0.25, 0.3) is 0 Å². The van der Waals surface area contributed by atoms with E-state index in [9.17, 15) is 8.78 Å². The van der Waals surface area contributed by atoms with Crippen LogP contribution >= 0.6 is 0 Å². The number of rotatable bonds is 5. The summed E-state index contributed by atoms with van der Waals surface area (Å²) in [5.41, 5.74) is 6.95. The molecule has 0 saturated heterocycles. The molecule has 21 heavy (non-hydrogen) atoms. The molecule has 0 saturated carbocycles. The molecule has 0 amide bonds. The second-order valence-corrected chi connectivity index (χ2v) is 4.73. The van der Waals surface area contributed by atoms with E-state index in [1.54, 1.807) is 26.2 Å². The van der Waals surface area contributed by atoms with Gasteiger partial charge in [0.1, 0.15) is 29.2 Å². The van der Waals surface area contributed by atoms with Crippen molar-refractivity contribution in [2.75, 3.05) is 7.11 Å². The Bertz CT molecular complexity index is 581. The Hall–Kier alpha value is -2.14. The van der Waals surface area contributed by atoms with Crippen LogP contribution in [0.1, 0.15) is 18.5 Å². The number of halogens is 2. The maximum Gasteiger partial charge on any atom is 0.129 e. The second-order valence-electron chi connectivity index (χ2n) is 4.73. The molecule has 0 aliphatic carbocycles. The average Bonchev–Trinajstić information content (AvgIpc) is 2.45. The molecule has 0 radical (unpaired) electrons. The van der Waals surface area contributed by atoms with Gasteiger partial charge in [-0.3, -0.25) is 0 Å². The third-order valence-electron chi connectivity index (χ3n) is 3.16. The molecule has 0 aliphatic heterocycles. The first-order valence-electron chi connectivity index (χ1n) is 6.52. The Kier molecular flexibility index (Phi) is 4.75. The zero-order chi connectivity index (χ0) is 15.4. The number of hydrogen-bond donors (Lipinski definition) is 1. The molecule has 2 rings (SSSR count). The fourth-order valence-corrected chi connectivity index (χ4v) is 1.98. The monoisotopic (exact) mass is 293 g/mol. The molecule has 112 valence electrons. The van der Waals surface area contributed by atoms with Crippen LogP contribution in [0.5, 0.6) is 11.5 Å². The van der Waals surface area contributed by atoms with E-state index in [1.807, 2.05) is 12.1 Å². The molecule has 2 atom stereocenters. The molecule has 2 aromatic carbocycles. The SMILES string of the molecule is COc1ccc(C(N)C(C)Oc2cc(F)cc(F)c2)cc1. The summed E-state index contributed by atoms with van der Waals surface area (Å²) in [6.07, 6.45) is -0.445. The first-order valence-corrected chi connectivity index (χ1v) is 6.52. The van der Waals surface area contributed by atoms with Crippen molar-refractivity contribution >= 4 is 0 Å². The van der Waals surface area contributed by atoms with E-state index in [1.165, 1.54) is 0 Å². The minimum atomic E-state index is -0.685. The summed E-state index contributed by atoms with van der Waals surface area (Å²) < 4.78 is 36.8. The van der Waals surface area contributed by atoms with Crippen LogP contribution in [0.15, 0.2) is 42.5 Å². The molecule has 2 N–H and O–H groups in total. The predicted molar refractivity (Wildman–Crippen MR) is 76.4 cm³/mol. The van der Waals surface area contributed by atoms with E-state index >= 15 is 0 Å². The molecular weight excluding hydrogens is 276 g/mol. The van der Waals surface area contributed by atoms with Gasteiger partial charge in [0.15, 0.2) is 0 Å². The third-order valence-corrected chi connectivity index (χ3v) is 3.16. The van der Waals surface area contributed by atoms with E-state index < -0.39 is 23.8 Å². The van der Waals surface area contributed by atoms with Gasteiger partial charge in [-0.1, -0.05) is 12.1 Å². The van der Waals surface area contributed by atoms with Gasteiger partial charge in [0.2, 0.25) is 0 Å². The number of benzene rings is 2. The average molecular weight is 293 g/mol. The Morgan fingerprint density at radius 3 is 2.05 bits per heavy atom. The molecule has 2 aromatic rings. The van der Waals surface area contributed by atoms with Crippen molar-refractivity contribution < 1.29 is 18.3 Å². The summed E-state index contributed by atoms with van der Waals surface area (Å²) in [4.78, 5) is 0. The largest absolute Gasteiger partial charge is 0.497 e. The van der Waals surface area contributed by atoms with E-state index in [0.717, 1.165) is 29.5 Å². The number of ether oxygens (including phenoxy) is 2. The van der Waals surface area contributed by atoms with E-state index in [4.69, 9.17) is 15.2 Å². The molecule has 0 fully saturated rings. The Morgan fingerprint density at radius 1 is 0.952 bits per heavy atom. The fourth-order valence-electron chi connectivity index (χ4n) is 1.98. The van der Waals surface area contributed by atoms with Gasteiger partial charge in [0.05, 0.1) is 13.2 Å². The highest BCUT2D eigenvalue weighted by atomic mass is 19.1. The first kappa shape index (κ1) is 15.3. The van der Waals surface area contributed by atoms with E-state index in [0.29, 0.717) is 0 Å². The highest BCUT2D eigenvalue weighted by molar-refractivity contribution is 5.30. The summed E-state index contributed by atoms with van der Waals surface area (Å²) in [5, 5.41) is 0. The van der Waals surface area contributed by atoms with Crippen molar-refractivity contribution in [3.05, 3.63) is 59.7 Å². The van der Waals surface area contributed by atoms with Crippen LogP contribution in [0, 0.1) is 11.6 Å². The fraction of sp³-hybridized carbons (Fsp3) is 0.250. The topological polar surface area (TPSA) is 44.5 Å². The van der Waals surface area contributed by atoms with Gasteiger partial charge in [-0.15, -0.1) is 0 Å². The van der Waals surface area contributed by atoms with Gasteiger partial charge in [0.25, 0.3) is 0 Å². The lowest BCUT2D eigenvalue weighted by Gasteiger charge is -2.22. The zero-order valence-electron chi connectivity index (χ0n) is 11.8. The van der Waals surface area contributed by atoms with Gasteiger partial charge in [-0.05, 0) is 24.6 Å². The summed E-state index contributed by atoms with van der Waals surface area (Å²) in [7, 11) is 1.58. The van der Waals surface area contributed by atoms with Gasteiger partial charge in [0, 0.05) is 18.2 Å². The van der Waals surface area contributed by atoms with Gasteiger partial charge in [-0.2, -0.15) is 0 Å². The van der Waals surface area contributed by atoms with Crippen LogP contribution in [-0.2, 0) is 0 Å². The third kappa shape index (κ3) is 3.92. The van der Waals surface area contributed by atoms with Gasteiger partial charge in [-0.25, -0.2) is 8.78 Å². The molecule has 0 heterocycles. The summed E-state index contributed by atoms with van der Waals surface area (Å²) >= 11 is 0. The van der Waals surface area contributed by atoms with Crippen molar-refractivity contribution in [1.29, 1.82) is 0 Å². The Labute approximate surface area is 122 Å².